The topological polar surface area (TPSA) is 99.4 Å². The summed E-state index contributed by atoms with van der Waals surface area (Å²) in [7, 11) is 1.45. The molecule has 9 heteroatoms. The molecule has 150 valence electrons. The van der Waals surface area contributed by atoms with E-state index in [-0.39, 0.29) is 23.0 Å². The number of carbonyl (C=O) groups excluding carboxylic acids is 1. The Labute approximate surface area is 179 Å². The number of amidine groups is 1. The fourth-order valence-corrected chi connectivity index (χ4v) is 4.20. The molecule has 0 bridgehead atoms. The van der Waals surface area contributed by atoms with E-state index < -0.39 is 5.97 Å². The molecule has 1 heterocycles. The predicted octanol–water partition coefficient (Wildman–Crippen LogP) is 4.49. The summed E-state index contributed by atoms with van der Waals surface area (Å²) in [5.41, 5.74) is 1.25. The van der Waals surface area contributed by atoms with Gasteiger partial charge in [-0.15, -0.1) is 0 Å². The molecule has 1 aliphatic rings. The first-order valence-electron chi connectivity index (χ1n) is 8.54. The van der Waals surface area contributed by atoms with E-state index in [1.54, 1.807) is 30.3 Å². The molecule has 0 radical (unpaired) electrons. The van der Waals surface area contributed by atoms with E-state index in [2.05, 4.69) is 20.9 Å². The number of rotatable bonds is 5. The smallest absolute Gasteiger partial charge is 0.335 e. The molecule has 0 atom stereocenters. The molecular formula is C20H17BrN2O5S. The molecule has 2 aromatic rings. The number of hydrogen-bond donors (Lipinski definition) is 2. The van der Waals surface area contributed by atoms with Crippen LogP contribution in [0, 0.1) is 0 Å². The molecule has 0 aromatic heterocycles. The Kier molecular flexibility index (Phi) is 6.29. The van der Waals surface area contributed by atoms with Crippen molar-refractivity contribution >= 4 is 56.5 Å². The van der Waals surface area contributed by atoms with Crippen molar-refractivity contribution in [1.29, 1.82) is 0 Å². The van der Waals surface area contributed by atoms with Crippen LogP contribution in [0.15, 0.2) is 50.8 Å². The number of hydrogen-bond acceptors (Lipinski definition) is 6. The molecule has 1 amide bonds. The second-order valence-corrected chi connectivity index (χ2v) is 7.83. The van der Waals surface area contributed by atoms with Gasteiger partial charge in [-0.3, -0.25) is 9.69 Å². The van der Waals surface area contributed by atoms with E-state index in [4.69, 9.17) is 9.84 Å². The van der Waals surface area contributed by atoms with E-state index in [1.165, 1.54) is 35.9 Å². The van der Waals surface area contributed by atoms with Crippen LogP contribution in [0.2, 0.25) is 0 Å². The molecule has 7 nitrogen and oxygen atoms in total. The number of amides is 1. The van der Waals surface area contributed by atoms with Crippen LogP contribution < -0.4 is 4.74 Å². The Balaban J connectivity index is 1.97. The summed E-state index contributed by atoms with van der Waals surface area (Å²) in [6.07, 6.45) is 1.69. The van der Waals surface area contributed by atoms with Gasteiger partial charge in [0, 0.05) is 6.54 Å². The molecule has 29 heavy (non-hydrogen) atoms. The van der Waals surface area contributed by atoms with Gasteiger partial charge >= 0.3 is 5.97 Å². The lowest BCUT2D eigenvalue weighted by Gasteiger charge is -2.12. The maximum atomic E-state index is 12.8. The lowest BCUT2D eigenvalue weighted by Crippen LogP contribution is -2.28. The van der Waals surface area contributed by atoms with Gasteiger partial charge in [0.25, 0.3) is 5.91 Å². The number of benzene rings is 2. The Morgan fingerprint density at radius 3 is 2.76 bits per heavy atom. The molecule has 1 aliphatic heterocycles. The van der Waals surface area contributed by atoms with Gasteiger partial charge in [0.1, 0.15) is 0 Å². The van der Waals surface area contributed by atoms with Crippen molar-refractivity contribution in [3.05, 3.63) is 56.9 Å². The highest BCUT2D eigenvalue weighted by atomic mass is 79.9. The van der Waals surface area contributed by atoms with E-state index in [0.29, 0.717) is 32.3 Å². The van der Waals surface area contributed by atoms with Crippen LogP contribution in [0.5, 0.6) is 11.5 Å². The van der Waals surface area contributed by atoms with Gasteiger partial charge in [-0.25, -0.2) is 9.79 Å². The first-order valence-corrected chi connectivity index (χ1v) is 10.1. The number of phenols is 1. The lowest BCUT2D eigenvalue weighted by molar-refractivity contribution is -0.122. The summed E-state index contributed by atoms with van der Waals surface area (Å²) in [4.78, 5) is 30.4. The average Bonchev–Trinajstić information content (AvgIpc) is 2.98. The second-order valence-electron chi connectivity index (χ2n) is 5.96. The van der Waals surface area contributed by atoms with E-state index in [9.17, 15) is 14.7 Å². The summed E-state index contributed by atoms with van der Waals surface area (Å²) in [5.74, 6) is -0.972. The molecule has 1 fully saturated rings. The number of likely N-dealkylation sites (N-methyl/N-ethyl adjacent to an activating group) is 1. The summed E-state index contributed by atoms with van der Waals surface area (Å²) in [6.45, 7) is 2.26. The third-order valence-corrected chi connectivity index (χ3v) is 5.70. The van der Waals surface area contributed by atoms with Gasteiger partial charge in [0.05, 0.1) is 27.7 Å². The molecule has 2 N–H and O–H groups in total. The summed E-state index contributed by atoms with van der Waals surface area (Å²) in [5, 5.41) is 19.6. The van der Waals surface area contributed by atoms with Crippen molar-refractivity contribution in [3.63, 3.8) is 0 Å². The van der Waals surface area contributed by atoms with Crippen LogP contribution >= 0.6 is 27.7 Å². The maximum Gasteiger partial charge on any atom is 0.335 e. The van der Waals surface area contributed by atoms with E-state index >= 15 is 0 Å². The van der Waals surface area contributed by atoms with Gasteiger partial charge in [-0.1, -0.05) is 6.07 Å². The number of aromatic carboxylic acids is 1. The molecular weight excluding hydrogens is 460 g/mol. The van der Waals surface area contributed by atoms with Crippen molar-refractivity contribution in [3.8, 4) is 11.5 Å². The zero-order chi connectivity index (χ0) is 21.1. The fourth-order valence-electron chi connectivity index (χ4n) is 2.67. The first-order chi connectivity index (χ1) is 13.8. The summed E-state index contributed by atoms with van der Waals surface area (Å²) >= 11 is 4.47. The standard InChI is InChI=1S/C20H17BrN2O5S/c1-3-23-18(25)16(9-11-7-14(21)17(24)15(8-11)28-2)29-20(23)22-13-6-4-5-12(10-13)19(26)27/h4-10,24H,3H2,1-2H3,(H,26,27)/b16-9+,22-20?. The van der Waals surface area contributed by atoms with Crippen molar-refractivity contribution in [1.82, 2.24) is 4.90 Å². The molecule has 0 unspecified atom stereocenters. The number of carboxylic acids is 1. The van der Waals surface area contributed by atoms with Crippen LogP contribution in [0.1, 0.15) is 22.8 Å². The summed E-state index contributed by atoms with van der Waals surface area (Å²) in [6, 6.07) is 9.54. The zero-order valence-electron chi connectivity index (χ0n) is 15.5. The number of aromatic hydroxyl groups is 1. The number of carboxylic acid groups (broad SMARTS) is 1. The van der Waals surface area contributed by atoms with E-state index in [1.807, 2.05) is 6.92 Å². The largest absolute Gasteiger partial charge is 0.503 e. The van der Waals surface area contributed by atoms with Gasteiger partial charge in [0.2, 0.25) is 0 Å². The van der Waals surface area contributed by atoms with Gasteiger partial charge < -0.3 is 14.9 Å². The number of aliphatic imine (C=N–C) groups is 1. The quantitative estimate of drug-likeness (QED) is 0.616. The summed E-state index contributed by atoms with van der Waals surface area (Å²) < 4.78 is 5.60. The zero-order valence-corrected chi connectivity index (χ0v) is 18.0. The van der Waals surface area contributed by atoms with Crippen molar-refractivity contribution in [2.75, 3.05) is 13.7 Å². The van der Waals surface area contributed by atoms with Crippen LogP contribution in [-0.4, -0.2) is 45.8 Å². The second kappa shape index (κ2) is 8.71. The Morgan fingerprint density at radius 2 is 2.10 bits per heavy atom. The Bertz CT molecular complexity index is 1050. The van der Waals surface area contributed by atoms with Gasteiger partial charge in [0.15, 0.2) is 16.7 Å². The predicted molar refractivity (Wildman–Crippen MR) is 116 cm³/mol. The average molecular weight is 477 g/mol. The molecule has 1 saturated heterocycles. The Morgan fingerprint density at radius 1 is 1.34 bits per heavy atom. The maximum absolute atomic E-state index is 12.8. The highest BCUT2D eigenvalue weighted by Gasteiger charge is 2.32. The minimum atomic E-state index is -1.04. The third-order valence-electron chi connectivity index (χ3n) is 4.09. The molecule has 0 spiro atoms. The fraction of sp³-hybridized carbons (Fsp3) is 0.150. The number of methoxy groups -OCH3 is 1. The Hall–Kier alpha value is -2.78. The SMILES string of the molecule is CCN1C(=O)/C(=C\c2cc(Br)c(O)c(OC)c2)SC1=Nc1cccc(C(=O)O)c1. The number of carbonyl (C=O) groups is 2. The highest BCUT2D eigenvalue weighted by Crippen LogP contribution is 2.38. The molecule has 0 aliphatic carbocycles. The van der Waals surface area contributed by atoms with Crippen LogP contribution in [-0.2, 0) is 4.79 Å². The first kappa shape index (κ1) is 20.9. The van der Waals surface area contributed by atoms with E-state index in [0.717, 1.165) is 0 Å². The highest BCUT2D eigenvalue weighted by molar-refractivity contribution is 9.10. The molecule has 0 saturated carbocycles. The normalized spacial score (nSPS) is 16.7. The minimum absolute atomic E-state index is 0.0178. The number of thioether (sulfide) groups is 1. The third kappa shape index (κ3) is 4.46. The minimum Gasteiger partial charge on any atom is -0.503 e. The van der Waals surface area contributed by atoms with Crippen LogP contribution in [0.3, 0.4) is 0 Å². The van der Waals surface area contributed by atoms with Crippen molar-refractivity contribution in [2.45, 2.75) is 6.92 Å². The lowest BCUT2D eigenvalue weighted by atomic mass is 10.2. The number of nitrogens with zero attached hydrogens (tertiary/aromatic N) is 2. The number of phenolic OH excluding ortho intramolecular Hbond substituents is 1. The molecule has 3 rings (SSSR count). The van der Waals surface area contributed by atoms with Gasteiger partial charge in [-0.05, 0) is 76.6 Å². The van der Waals surface area contributed by atoms with Crippen molar-refractivity contribution < 1.29 is 24.5 Å². The monoisotopic (exact) mass is 476 g/mol. The van der Waals surface area contributed by atoms with Gasteiger partial charge in [-0.2, -0.15) is 0 Å². The number of ether oxygens (including phenoxy) is 1. The van der Waals surface area contributed by atoms with Crippen molar-refractivity contribution in [2.24, 2.45) is 4.99 Å². The van der Waals surface area contributed by atoms with Crippen LogP contribution in [0.25, 0.3) is 6.08 Å². The molecule has 2 aromatic carbocycles. The number of halogens is 1. The van der Waals surface area contributed by atoms with Crippen LogP contribution in [0.4, 0.5) is 5.69 Å².